The second-order valence-electron chi connectivity index (χ2n) is 6.10. The summed E-state index contributed by atoms with van der Waals surface area (Å²) < 4.78 is 10.8. The lowest BCUT2D eigenvalue weighted by atomic mass is 10.1. The van der Waals surface area contributed by atoms with Crippen molar-refractivity contribution < 1.29 is 34.4 Å². The van der Waals surface area contributed by atoms with Crippen LogP contribution in [0.5, 0.6) is 0 Å². The SMILES string of the molecule is COC(=O)c1ccncc1C(=O)Nc1ccn(C2OC(CO)C(O)C2O)c(=O)n1. The molecule has 0 aromatic carbocycles. The predicted molar refractivity (Wildman–Crippen MR) is 95.0 cm³/mol. The molecule has 0 aliphatic carbocycles. The number of nitrogens with zero attached hydrogens (tertiary/aromatic N) is 3. The van der Waals surface area contributed by atoms with E-state index in [-0.39, 0.29) is 16.9 Å². The van der Waals surface area contributed by atoms with Crippen molar-refractivity contribution in [3.05, 3.63) is 52.3 Å². The van der Waals surface area contributed by atoms with Crippen LogP contribution >= 0.6 is 0 Å². The number of aliphatic hydroxyl groups excluding tert-OH is 3. The third-order valence-corrected chi connectivity index (χ3v) is 4.33. The van der Waals surface area contributed by atoms with Gasteiger partial charge in [-0.15, -0.1) is 0 Å². The molecule has 0 spiro atoms. The van der Waals surface area contributed by atoms with Gasteiger partial charge in [0.2, 0.25) is 0 Å². The van der Waals surface area contributed by atoms with Gasteiger partial charge < -0.3 is 30.1 Å². The van der Waals surface area contributed by atoms with Crippen molar-refractivity contribution in [2.75, 3.05) is 19.0 Å². The lowest BCUT2D eigenvalue weighted by Crippen LogP contribution is -2.36. The summed E-state index contributed by atoms with van der Waals surface area (Å²) >= 11 is 0. The number of hydrogen-bond acceptors (Lipinski definition) is 10. The van der Waals surface area contributed by atoms with Gasteiger partial charge in [0.05, 0.1) is 24.8 Å². The Balaban J connectivity index is 1.81. The number of pyridine rings is 1. The smallest absolute Gasteiger partial charge is 0.351 e. The first-order valence-corrected chi connectivity index (χ1v) is 8.42. The molecular weight excluding hydrogens is 388 g/mol. The Labute approximate surface area is 163 Å². The molecule has 4 atom stereocenters. The molecule has 1 fully saturated rings. The number of methoxy groups -OCH3 is 1. The molecule has 154 valence electrons. The summed E-state index contributed by atoms with van der Waals surface area (Å²) in [6.07, 6.45) is -1.44. The summed E-state index contributed by atoms with van der Waals surface area (Å²) in [7, 11) is 1.17. The molecule has 0 radical (unpaired) electrons. The van der Waals surface area contributed by atoms with Crippen molar-refractivity contribution in [3.63, 3.8) is 0 Å². The third-order valence-electron chi connectivity index (χ3n) is 4.33. The number of nitrogens with one attached hydrogen (secondary N) is 1. The number of esters is 1. The van der Waals surface area contributed by atoms with Gasteiger partial charge in [-0.05, 0) is 12.1 Å². The lowest BCUT2D eigenvalue weighted by Gasteiger charge is -2.17. The van der Waals surface area contributed by atoms with Crippen molar-refractivity contribution >= 4 is 17.7 Å². The molecular formula is C17H18N4O8. The number of ether oxygens (including phenoxy) is 2. The summed E-state index contributed by atoms with van der Waals surface area (Å²) in [6, 6.07) is 2.58. The Hall–Kier alpha value is -3.19. The summed E-state index contributed by atoms with van der Waals surface area (Å²) in [5.74, 6) is -1.59. The first kappa shape index (κ1) is 20.5. The van der Waals surface area contributed by atoms with Gasteiger partial charge in [0.25, 0.3) is 5.91 Å². The summed E-state index contributed by atoms with van der Waals surface area (Å²) in [5.41, 5.74) is -0.967. The Morgan fingerprint density at radius 2 is 2.03 bits per heavy atom. The molecule has 0 bridgehead atoms. The largest absolute Gasteiger partial charge is 0.465 e. The normalized spacial score (nSPS) is 23.6. The molecule has 1 aliphatic rings. The van der Waals surface area contributed by atoms with Crippen LogP contribution in [-0.2, 0) is 9.47 Å². The number of anilines is 1. The molecule has 29 heavy (non-hydrogen) atoms. The highest BCUT2D eigenvalue weighted by molar-refractivity contribution is 6.10. The standard InChI is InChI=1S/C17H18N4O8/c1-28-16(26)8-2-4-18-6-9(8)14(25)19-11-3-5-21(17(27)20-11)15-13(24)12(23)10(7-22)29-15/h2-6,10,12-13,15,22-24H,7H2,1H3,(H,19,20,25,27). The van der Waals surface area contributed by atoms with Gasteiger partial charge in [-0.2, -0.15) is 4.98 Å². The van der Waals surface area contributed by atoms with Crippen LogP contribution in [0.2, 0.25) is 0 Å². The average molecular weight is 406 g/mol. The van der Waals surface area contributed by atoms with Crippen molar-refractivity contribution in [2.45, 2.75) is 24.5 Å². The molecule has 3 heterocycles. The van der Waals surface area contributed by atoms with Crippen LogP contribution in [0.3, 0.4) is 0 Å². The molecule has 1 aliphatic heterocycles. The molecule has 12 nitrogen and oxygen atoms in total. The van der Waals surface area contributed by atoms with Crippen molar-refractivity contribution in [1.82, 2.24) is 14.5 Å². The molecule has 3 rings (SSSR count). The van der Waals surface area contributed by atoms with Crippen molar-refractivity contribution in [2.24, 2.45) is 0 Å². The number of amides is 1. The molecule has 0 saturated carbocycles. The van der Waals surface area contributed by atoms with E-state index in [0.717, 1.165) is 4.57 Å². The zero-order chi connectivity index (χ0) is 21.1. The highest BCUT2D eigenvalue weighted by atomic mass is 16.6. The van der Waals surface area contributed by atoms with E-state index in [1.54, 1.807) is 0 Å². The summed E-state index contributed by atoms with van der Waals surface area (Å²) in [4.78, 5) is 44.0. The minimum Gasteiger partial charge on any atom is -0.465 e. The summed E-state index contributed by atoms with van der Waals surface area (Å²) in [6.45, 7) is -0.543. The fraction of sp³-hybridized carbons (Fsp3) is 0.353. The average Bonchev–Trinajstić information content (AvgIpc) is 3.01. The first-order valence-electron chi connectivity index (χ1n) is 8.42. The molecule has 4 unspecified atom stereocenters. The zero-order valence-electron chi connectivity index (χ0n) is 15.1. The van der Waals surface area contributed by atoms with E-state index >= 15 is 0 Å². The lowest BCUT2D eigenvalue weighted by molar-refractivity contribution is -0.0549. The highest BCUT2D eigenvalue weighted by Crippen LogP contribution is 2.28. The molecule has 4 N–H and O–H groups in total. The number of aliphatic hydroxyl groups is 3. The maximum Gasteiger partial charge on any atom is 0.351 e. The van der Waals surface area contributed by atoms with E-state index in [1.807, 2.05) is 0 Å². The molecule has 1 saturated heterocycles. The van der Waals surface area contributed by atoms with Crippen molar-refractivity contribution in [1.29, 1.82) is 0 Å². The van der Waals surface area contributed by atoms with Gasteiger partial charge in [0.15, 0.2) is 6.23 Å². The Morgan fingerprint density at radius 3 is 2.66 bits per heavy atom. The van der Waals surface area contributed by atoms with Crippen LogP contribution in [0.1, 0.15) is 26.9 Å². The van der Waals surface area contributed by atoms with Crippen LogP contribution in [-0.4, -0.2) is 73.8 Å². The van der Waals surface area contributed by atoms with Gasteiger partial charge in [-0.1, -0.05) is 0 Å². The third kappa shape index (κ3) is 4.00. The van der Waals surface area contributed by atoms with Crippen LogP contribution in [0.4, 0.5) is 5.82 Å². The zero-order valence-corrected chi connectivity index (χ0v) is 15.1. The first-order chi connectivity index (χ1) is 13.9. The van der Waals surface area contributed by atoms with Crippen LogP contribution in [0.25, 0.3) is 0 Å². The predicted octanol–water partition coefficient (Wildman–Crippen LogP) is -1.71. The number of hydrogen-bond donors (Lipinski definition) is 4. The number of rotatable bonds is 5. The Bertz CT molecular complexity index is 978. The van der Waals surface area contributed by atoms with E-state index in [0.29, 0.717) is 0 Å². The fourth-order valence-electron chi connectivity index (χ4n) is 2.83. The van der Waals surface area contributed by atoms with Crippen LogP contribution in [0, 0.1) is 0 Å². The van der Waals surface area contributed by atoms with Crippen LogP contribution in [0.15, 0.2) is 35.5 Å². The van der Waals surface area contributed by atoms with Gasteiger partial charge in [0.1, 0.15) is 24.1 Å². The van der Waals surface area contributed by atoms with Gasteiger partial charge in [-0.25, -0.2) is 9.59 Å². The maximum absolute atomic E-state index is 12.5. The van der Waals surface area contributed by atoms with Gasteiger partial charge >= 0.3 is 11.7 Å². The molecule has 12 heteroatoms. The molecule has 2 aromatic heterocycles. The van der Waals surface area contributed by atoms with E-state index in [1.165, 1.54) is 37.8 Å². The van der Waals surface area contributed by atoms with E-state index < -0.39 is 48.7 Å². The van der Waals surface area contributed by atoms with Crippen LogP contribution < -0.4 is 11.0 Å². The van der Waals surface area contributed by atoms with E-state index in [2.05, 4.69) is 20.0 Å². The minimum atomic E-state index is -1.45. The number of carbonyl (C=O) groups is 2. The topological polar surface area (TPSA) is 173 Å². The highest BCUT2D eigenvalue weighted by Gasteiger charge is 2.43. The fourth-order valence-corrected chi connectivity index (χ4v) is 2.83. The molecule has 2 aromatic rings. The van der Waals surface area contributed by atoms with Crippen molar-refractivity contribution in [3.8, 4) is 0 Å². The summed E-state index contributed by atoms with van der Waals surface area (Å²) in [5, 5.41) is 31.3. The van der Waals surface area contributed by atoms with Gasteiger partial charge in [0, 0.05) is 18.6 Å². The monoisotopic (exact) mass is 406 g/mol. The van der Waals surface area contributed by atoms with Gasteiger partial charge in [-0.3, -0.25) is 14.3 Å². The van der Waals surface area contributed by atoms with E-state index in [9.17, 15) is 24.6 Å². The quantitative estimate of drug-likeness (QED) is 0.419. The number of carbonyl (C=O) groups excluding carboxylic acids is 2. The van der Waals surface area contributed by atoms with E-state index in [4.69, 9.17) is 9.84 Å². The number of aromatic nitrogens is 3. The second-order valence-corrected chi connectivity index (χ2v) is 6.10. The Kier molecular flexibility index (Phi) is 5.98. The minimum absolute atomic E-state index is 0.0140. The maximum atomic E-state index is 12.5. The second kappa shape index (κ2) is 8.45. The molecule has 1 amide bonds. The Morgan fingerprint density at radius 1 is 1.28 bits per heavy atom.